The van der Waals surface area contributed by atoms with Gasteiger partial charge in [0.2, 0.25) is 11.7 Å². The van der Waals surface area contributed by atoms with Gasteiger partial charge in [-0.1, -0.05) is 31.5 Å². The molecule has 2 atom stereocenters. The van der Waals surface area contributed by atoms with Crippen LogP contribution in [0.15, 0.2) is 42.7 Å². The Labute approximate surface area is 161 Å². The number of amides is 2. The summed E-state index contributed by atoms with van der Waals surface area (Å²) >= 11 is 0. The second kappa shape index (κ2) is 6.12. The molecular weight excluding hydrogens is 356 g/mol. The lowest BCUT2D eigenvalue weighted by molar-refractivity contribution is -0.121. The van der Waals surface area contributed by atoms with E-state index in [0.717, 1.165) is 24.1 Å². The number of rotatable bonds is 3. The Kier molecular flexibility index (Phi) is 3.68. The second-order valence-electron chi connectivity index (χ2n) is 7.32. The van der Waals surface area contributed by atoms with E-state index < -0.39 is 5.41 Å². The zero-order valence-corrected chi connectivity index (χ0v) is 15.5. The maximum absolute atomic E-state index is 13.3. The molecule has 1 aromatic carbocycles. The van der Waals surface area contributed by atoms with E-state index in [4.69, 9.17) is 0 Å². The van der Waals surface area contributed by atoms with Crippen molar-refractivity contribution in [3.63, 3.8) is 0 Å². The number of para-hydroxylation sites is 1. The number of hydrogen-bond acceptors (Lipinski definition) is 5. The molecule has 2 amide bonds. The van der Waals surface area contributed by atoms with E-state index in [-0.39, 0.29) is 23.7 Å². The molecule has 1 spiro atoms. The molecule has 2 aliphatic rings. The molecule has 0 aliphatic carbocycles. The Morgan fingerprint density at radius 2 is 2.18 bits per heavy atom. The van der Waals surface area contributed by atoms with Gasteiger partial charge >= 0.3 is 0 Å². The minimum Gasteiger partial charge on any atom is -0.331 e. The monoisotopic (exact) mass is 376 g/mol. The van der Waals surface area contributed by atoms with Crippen LogP contribution in [-0.2, 0) is 10.2 Å². The van der Waals surface area contributed by atoms with Crippen LogP contribution in [0.25, 0.3) is 5.78 Å². The van der Waals surface area contributed by atoms with E-state index in [0.29, 0.717) is 18.7 Å². The fourth-order valence-corrected chi connectivity index (χ4v) is 4.67. The summed E-state index contributed by atoms with van der Waals surface area (Å²) in [5.41, 5.74) is 1.12. The van der Waals surface area contributed by atoms with Crippen LogP contribution < -0.4 is 5.32 Å². The highest BCUT2D eigenvalue weighted by atomic mass is 16.2. The Balaban J connectivity index is 1.56. The average Bonchev–Trinajstić information content (AvgIpc) is 3.38. The highest BCUT2D eigenvalue weighted by Crippen LogP contribution is 2.49. The summed E-state index contributed by atoms with van der Waals surface area (Å²) in [5, 5.41) is 7.30. The Morgan fingerprint density at radius 1 is 1.32 bits per heavy atom. The number of anilines is 1. The van der Waals surface area contributed by atoms with Crippen molar-refractivity contribution >= 4 is 23.3 Å². The van der Waals surface area contributed by atoms with Crippen LogP contribution in [0.3, 0.4) is 0 Å². The van der Waals surface area contributed by atoms with Crippen molar-refractivity contribution in [3.05, 3.63) is 54.1 Å². The summed E-state index contributed by atoms with van der Waals surface area (Å²) in [6.07, 6.45) is 5.52. The van der Waals surface area contributed by atoms with Crippen LogP contribution in [0.5, 0.6) is 0 Å². The third kappa shape index (κ3) is 2.20. The zero-order valence-electron chi connectivity index (χ0n) is 15.5. The Bertz CT molecular complexity index is 1060. The first-order valence-corrected chi connectivity index (χ1v) is 9.54. The zero-order chi connectivity index (χ0) is 19.3. The Morgan fingerprint density at radius 3 is 3.00 bits per heavy atom. The summed E-state index contributed by atoms with van der Waals surface area (Å²) < 4.78 is 1.49. The van der Waals surface area contributed by atoms with Gasteiger partial charge < -0.3 is 10.2 Å². The summed E-state index contributed by atoms with van der Waals surface area (Å²) in [5.74, 6) is 0.226. The molecule has 0 saturated carbocycles. The van der Waals surface area contributed by atoms with E-state index in [1.165, 1.54) is 4.52 Å². The quantitative estimate of drug-likeness (QED) is 0.755. The second-order valence-corrected chi connectivity index (χ2v) is 7.32. The molecule has 2 aliphatic heterocycles. The molecule has 0 unspecified atom stereocenters. The number of likely N-dealkylation sites (tertiary alicyclic amines) is 1. The predicted molar refractivity (Wildman–Crippen MR) is 102 cm³/mol. The van der Waals surface area contributed by atoms with Gasteiger partial charge in [0.1, 0.15) is 0 Å². The van der Waals surface area contributed by atoms with Crippen LogP contribution in [0, 0.1) is 0 Å². The van der Waals surface area contributed by atoms with Crippen molar-refractivity contribution in [2.45, 2.75) is 37.6 Å². The summed E-state index contributed by atoms with van der Waals surface area (Å²) in [7, 11) is 0. The molecular formula is C20H20N6O2. The van der Waals surface area contributed by atoms with Gasteiger partial charge in [-0.2, -0.15) is 4.98 Å². The van der Waals surface area contributed by atoms with Gasteiger partial charge in [0, 0.05) is 24.6 Å². The smallest absolute Gasteiger partial charge is 0.293 e. The standard InChI is InChI=1S/C20H20N6O2/c1-2-6-15-20(13-7-3-4-8-14(13)22-18(20)28)9-12-25(15)17(27)16-23-19-21-10-5-11-26(19)24-16/h3-5,7-8,10-11,15H,2,6,9,12H2,1H3,(H,22,28)/t15-,20-/m0/s1. The fourth-order valence-electron chi connectivity index (χ4n) is 4.67. The SMILES string of the molecule is CCC[C@@H]1N(C(=O)c2nc3ncccn3n2)CC[C@@]12C(=O)Nc1ccccc12. The van der Waals surface area contributed by atoms with Gasteiger partial charge in [-0.3, -0.25) is 9.59 Å². The normalized spacial score (nSPS) is 23.4. The summed E-state index contributed by atoms with van der Waals surface area (Å²) in [6, 6.07) is 9.29. The van der Waals surface area contributed by atoms with Gasteiger partial charge in [-0.15, -0.1) is 5.10 Å². The first-order chi connectivity index (χ1) is 13.6. The topological polar surface area (TPSA) is 92.5 Å². The molecule has 1 N–H and O–H groups in total. The molecule has 5 rings (SSSR count). The molecule has 0 bridgehead atoms. The molecule has 2 aromatic heterocycles. The number of benzene rings is 1. The van der Waals surface area contributed by atoms with E-state index >= 15 is 0 Å². The third-order valence-corrected chi connectivity index (χ3v) is 5.88. The fraction of sp³-hybridized carbons (Fsp3) is 0.350. The lowest BCUT2D eigenvalue weighted by Crippen LogP contribution is -2.49. The van der Waals surface area contributed by atoms with Crippen molar-refractivity contribution in [3.8, 4) is 0 Å². The van der Waals surface area contributed by atoms with Crippen molar-refractivity contribution in [1.29, 1.82) is 0 Å². The van der Waals surface area contributed by atoms with Crippen LogP contribution in [0.4, 0.5) is 5.69 Å². The van der Waals surface area contributed by atoms with E-state index in [9.17, 15) is 9.59 Å². The van der Waals surface area contributed by atoms with Crippen LogP contribution >= 0.6 is 0 Å². The van der Waals surface area contributed by atoms with Crippen molar-refractivity contribution in [2.24, 2.45) is 0 Å². The Hall–Kier alpha value is -3.29. The number of fused-ring (bicyclic) bond motifs is 3. The minimum atomic E-state index is -0.709. The minimum absolute atomic E-state index is 0.0212. The molecule has 4 heterocycles. The van der Waals surface area contributed by atoms with Gasteiger partial charge in [-0.05, 0) is 30.5 Å². The van der Waals surface area contributed by atoms with Crippen molar-refractivity contribution < 1.29 is 9.59 Å². The molecule has 8 heteroatoms. The van der Waals surface area contributed by atoms with E-state index in [1.807, 2.05) is 24.3 Å². The molecule has 8 nitrogen and oxygen atoms in total. The first-order valence-electron chi connectivity index (χ1n) is 9.54. The maximum atomic E-state index is 13.3. The van der Waals surface area contributed by atoms with E-state index in [1.54, 1.807) is 23.4 Å². The van der Waals surface area contributed by atoms with Gasteiger partial charge in [0.15, 0.2) is 0 Å². The van der Waals surface area contributed by atoms with Crippen molar-refractivity contribution in [2.75, 3.05) is 11.9 Å². The number of nitrogens with zero attached hydrogens (tertiary/aromatic N) is 5. The third-order valence-electron chi connectivity index (χ3n) is 5.88. The molecule has 28 heavy (non-hydrogen) atoms. The molecule has 142 valence electrons. The summed E-state index contributed by atoms with van der Waals surface area (Å²) in [4.78, 5) is 36.6. The van der Waals surface area contributed by atoms with Crippen LogP contribution in [0.2, 0.25) is 0 Å². The largest absolute Gasteiger partial charge is 0.331 e. The molecule has 1 saturated heterocycles. The lowest BCUT2D eigenvalue weighted by atomic mass is 9.73. The van der Waals surface area contributed by atoms with Gasteiger partial charge in [0.05, 0.1) is 11.5 Å². The average molecular weight is 376 g/mol. The van der Waals surface area contributed by atoms with Crippen LogP contribution in [-0.4, -0.2) is 48.9 Å². The highest BCUT2D eigenvalue weighted by Gasteiger charge is 2.58. The van der Waals surface area contributed by atoms with E-state index in [2.05, 4.69) is 27.3 Å². The van der Waals surface area contributed by atoms with Crippen LogP contribution in [0.1, 0.15) is 42.4 Å². The number of carbonyl (C=O) groups is 2. The number of hydrogen-bond donors (Lipinski definition) is 1. The molecule has 1 fully saturated rings. The highest BCUT2D eigenvalue weighted by molar-refractivity contribution is 6.08. The van der Waals surface area contributed by atoms with Gasteiger partial charge in [0.25, 0.3) is 11.7 Å². The number of carbonyl (C=O) groups excluding carboxylic acids is 2. The lowest BCUT2D eigenvalue weighted by Gasteiger charge is -2.33. The molecule has 3 aromatic rings. The van der Waals surface area contributed by atoms with Crippen molar-refractivity contribution in [1.82, 2.24) is 24.5 Å². The number of aromatic nitrogens is 4. The number of nitrogens with one attached hydrogen (secondary N) is 1. The summed E-state index contributed by atoms with van der Waals surface area (Å²) in [6.45, 7) is 2.56. The maximum Gasteiger partial charge on any atom is 0.293 e. The van der Waals surface area contributed by atoms with Gasteiger partial charge in [-0.25, -0.2) is 9.50 Å². The predicted octanol–water partition coefficient (Wildman–Crippen LogP) is 2.03. The molecule has 0 radical (unpaired) electrons. The first kappa shape index (κ1) is 16.9.